The lowest BCUT2D eigenvalue weighted by atomic mass is 10.1. The third kappa shape index (κ3) is 5.26. The van der Waals surface area contributed by atoms with E-state index < -0.39 is 0 Å². The summed E-state index contributed by atoms with van der Waals surface area (Å²) in [6, 6.07) is 0.321. The van der Waals surface area contributed by atoms with Gasteiger partial charge in [-0.3, -0.25) is 0 Å². The fourth-order valence-corrected chi connectivity index (χ4v) is 1.82. The molecule has 0 saturated heterocycles. The predicted octanol–water partition coefficient (Wildman–Crippen LogP) is 3.41. The molecule has 0 spiro atoms. The van der Waals surface area contributed by atoms with Gasteiger partial charge in [-0.15, -0.1) is 0 Å². The van der Waals surface area contributed by atoms with Crippen LogP contribution in [0.4, 0.5) is 0 Å². The Bertz CT molecular complexity index is 295. The van der Waals surface area contributed by atoms with E-state index in [4.69, 9.17) is 0 Å². The van der Waals surface area contributed by atoms with Gasteiger partial charge in [0.2, 0.25) is 0 Å². The van der Waals surface area contributed by atoms with E-state index >= 15 is 0 Å². The molecule has 0 radical (unpaired) electrons. The molecule has 1 atom stereocenters. The van der Waals surface area contributed by atoms with Gasteiger partial charge in [-0.05, 0) is 31.9 Å². The molecule has 17 heavy (non-hydrogen) atoms. The van der Waals surface area contributed by atoms with Crippen LogP contribution < -0.4 is 5.32 Å². The molecule has 1 aromatic rings. The van der Waals surface area contributed by atoms with Crippen molar-refractivity contribution in [3.8, 4) is 0 Å². The molecule has 1 N–H and O–H groups in total. The molecule has 0 amide bonds. The van der Waals surface area contributed by atoms with Crippen LogP contribution in [0.2, 0.25) is 0 Å². The Morgan fingerprint density at radius 1 is 1.12 bits per heavy atom. The lowest BCUT2D eigenvalue weighted by Gasteiger charge is -2.16. The summed E-state index contributed by atoms with van der Waals surface area (Å²) in [5, 5.41) is 3.54. The number of hydrogen-bond acceptors (Lipinski definition) is 3. The topological polar surface area (TPSA) is 37.8 Å². The number of aromatic nitrogens is 2. The minimum Gasteiger partial charge on any atom is -0.307 e. The summed E-state index contributed by atoms with van der Waals surface area (Å²) >= 11 is 0. The quantitative estimate of drug-likeness (QED) is 0.702. The number of rotatable bonds is 8. The maximum atomic E-state index is 4.44. The lowest BCUT2D eigenvalue weighted by Crippen LogP contribution is -2.24. The highest BCUT2D eigenvalue weighted by Crippen LogP contribution is 2.16. The summed E-state index contributed by atoms with van der Waals surface area (Å²) in [6.07, 6.45) is 9.89. The van der Waals surface area contributed by atoms with Gasteiger partial charge in [0.25, 0.3) is 0 Å². The normalized spacial score (nSPS) is 12.6. The molecule has 0 fully saturated rings. The van der Waals surface area contributed by atoms with Crippen LogP contribution in [0.25, 0.3) is 0 Å². The SMILES string of the molecule is CCCCCC(NCCC)c1ncc(C)cn1. The van der Waals surface area contributed by atoms with Crippen molar-refractivity contribution in [3.05, 3.63) is 23.8 Å². The van der Waals surface area contributed by atoms with E-state index in [9.17, 15) is 0 Å². The zero-order valence-electron chi connectivity index (χ0n) is 11.4. The molecule has 96 valence electrons. The Morgan fingerprint density at radius 3 is 2.41 bits per heavy atom. The fraction of sp³-hybridized carbons (Fsp3) is 0.714. The molecule has 1 unspecified atom stereocenters. The Hall–Kier alpha value is -0.960. The molecule has 1 aromatic heterocycles. The Morgan fingerprint density at radius 2 is 1.82 bits per heavy atom. The van der Waals surface area contributed by atoms with Crippen molar-refractivity contribution in [1.29, 1.82) is 0 Å². The predicted molar refractivity (Wildman–Crippen MR) is 71.9 cm³/mol. The summed E-state index contributed by atoms with van der Waals surface area (Å²) in [5.41, 5.74) is 1.12. The van der Waals surface area contributed by atoms with E-state index in [1.54, 1.807) is 0 Å². The molecule has 3 heteroatoms. The van der Waals surface area contributed by atoms with Crippen LogP contribution in [-0.4, -0.2) is 16.5 Å². The monoisotopic (exact) mass is 235 g/mol. The first-order valence-electron chi connectivity index (χ1n) is 6.79. The van der Waals surface area contributed by atoms with Crippen LogP contribution in [0.3, 0.4) is 0 Å². The molecule has 0 aliphatic rings. The van der Waals surface area contributed by atoms with Crippen LogP contribution in [0.1, 0.15) is 63.4 Å². The molecule has 0 bridgehead atoms. The van der Waals surface area contributed by atoms with Gasteiger partial charge in [-0.1, -0.05) is 33.1 Å². The van der Waals surface area contributed by atoms with Crippen molar-refractivity contribution in [2.75, 3.05) is 6.54 Å². The van der Waals surface area contributed by atoms with Crippen molar-refractivity contribution >= 4 is 0 Å². The molecular weight excluding hydrogens is 210 g/mol. The van der Waals surface area contributed by atoms with Gasteiger partial charge in [0.15, 0.2) is 0 Å². The lowest BCUT2D eigenvalue weighted by molar-refractivity contribution is 0.455. The number of nitrogens with zero attached hydrogens (tertiary/aromatic N) is 2. The Balaban J connectivity index is 2.57. The zero-order valence-corrected chi connectivity index (χ0v) is 11.4. The van der Waals surface area contributed by atoms with Gasteiger partial charge in [0.1, 0.15) is 5.82 Å². The van der Waals surface area contributed by atoms with Crippen molar-refractivity contribution in [3.63, 3.8) is 0 Å². The Labute approximate surface area is 105 Å². The summed E-state index contributed by atoms with van der Waals surface area (Å²) in [6.45, 7) is 7.48. The molecular formula is C14H25N3. The summed E-state index contributed by atoms with van der Waals surface area (Å²) in [4.78, 5) is 8.87. The zero-order chi connectivity index (χ0) is 12.5. The second-order valence-corrected chi connectivity index (χ2v) is 4.62. The molecule has 3 nitrogen and oxygen atoms in total. The highest BCUT2D eigenvalue weighted by Gasteiger charge is 2.12. The summed E-state index contributed by atoms with van der Waals surface area (Å²) in [5.74, 6) is 0.945. The van der Waals surface area contributed by atoms with Gasteiger partial charge in [-0.2, -0.15) is 0 Å². The Kier molecular flexibility index (Phi) is 6.78. The number of aryl methyl sites for hydroxylation is 1. The first kappa shape index (κ1) is 14.1. The van der Waals surface area contributed by atoms with E-state index in [1.807, 2.05) is 19.3 Å². The van der Waals surface area contributed by atoms with Crippen molar-refractivity contribution in [2.24, 2.45) is 0 Å². The molecule has 0 aliphatic carbocycles. The molecule has 1 rings (SSSR count). The number of nitrogens with one attached hydrogen (secondary N) is 1. The average Bonchev–Trinajstić information content (AvgIpc) is 2.35. The van der Waals surface area contributed by atoms with Crippen molar-refractivity contribution in [1.82, 2.24) is 15.3 Å². The van der Waals surface area contributed by atoms with Crippen LogP contribution >= 0.6 is 0 Å². The standard InChI is InChI=1S/C14H25N3/c1-4-6-7-8-13(15-9-5-2)14-16-10-12(3)11-17-14/h10-11,13,15H,4-9H2,1-3H3. The highest BCUT2D eigenvalue weighted by atomic mass is 15.0. The molecule has 1 heterocycles. The molecule has 0 saturated carbocycles. The maximum absolute atomic E-state index is 4.44. The van der Waals surface area contributed by atoms with Gasteiger partial charge in [0, 0.05) is 12.4 Å². The fourth-order valence-electron chi connectivity index (χ4n) is 1.82. The maximum Gasteiger partial charge on any atom is 0.145 e. The average molecular weight is 235 g/mol. The van der Waals surface area contributed by atoms with E-state index in [1.165, 1.54) is 19.3 Å². The first-order chi connectivity index (χ1) is 8.27. The smallest absolute Gasteiger partial charge is 0.145 e. The minimum absolute atomic E-state index is 0.321. The second kappa shape index (κ2) is 8.18. The van der Waals surface area contributed by atoms with Crippen LogP contribution in [-0.2, 0) is 0 Å². The molecule has 0 aromatic carbocycles. The van der Waals surface area contributed by atoms with Gasteiger partial charge < -0.3 is 5.32 Å². The minimum atomic E-state index is 0.321. The van der Waals surface area contributed by atoms with Crippen molar-refractivity contribution < 1.29 is 0 Å². The van der Waals surface area contributed by atoms with Crippen LogP contribution in [0, 0.1) is 6.92 Å². The summed E-state index contributed by atoms with van der Waals surface area (Å²) < 4.78 is 0. The van der Waals surface area contributed by atoms with Gasteiger partial charge >= 0.3 is 0 Å². The van der Waals surface area contributed by atoms with E-state index in [0.717, 1.165) is 30.8 Å². The summed E-state index contributed by atoms with van der Waals surface area (Å²) in [7, 11) is 0. The first-order valence-corrected chi connectivity index (χ1v) is 6.79. The van der Waals surface area contributed by atoms with Crippen molar-refractivity contribution in [2.45, 2.75) is 58.9 Å². The van der Waals surface area contributed by atoms with E-state index in [-0.39, 0.29) is 0 Å². The number of unbranched alkanes of at least 4 members (excludes halogenated alkanes) is 2. The van der Waals surface area contributed by atoms with E-state index in [0.29, 0.717) is 6.04 Å². The third-order valence-electron chi connectivity index (χ3n) is 2.85. The second-order valence-electron chi connectivity index (χ2n) is 4.62. The van der Waals surface area contributed by atoms with Crippen LogP contribution in [0.15, 0.2) is 12.4 Å². The molecule has 0 aliphatic heterocycles. The van der Waals surface area contributed by atoms with Crippen LogP contribution in [0.5, 0.6) is 0 Å². The van der Waals surface area contributed by atoms with Gasteiger partial charge in [-0.25, -0.2) is 9.97 Å². The highest BCUT2D eigenvalue weighted by molar-refractivity contribution is 5.04. The van der Waals surface area contributed by atoms with Gasteiger partial charge in [0.05, 0.1) is 6.04 Å². The van der Waals surface area contributed by atoms with E-state index in [2.05, 4.69) is 29.1 Å². The largest absolute Gasteiger partial charge is 0.307 e. The number of hydrogen-bond donors (Lipinski definition) is 1. The third-order valence-corrected chi connectivity index (χ3v) is 2.85.